The van der Waals surface area contributed by atoms with Crippen LogP contribution in [0.15, 0.2) is 48.5 Å². The van der Waals surface area contributed by atoms with E-state index in [1.807, 2.05) is 35.2 Å². The lowest BCUT2D eigenvalue weighted by Gasteiger charge is -2.24. The molecule has 102 valence electrons. The average Bonchev–Trinajstić information content (AvgIpc) is 2.48. The first-order valence-electron chi connectivity index (χ1n) is 6.31. The van der Waals surface area contributed by atoms with Gasteiger partial charge in [-0.2, -0.15) is 5.26 Å². The van der Waals surface area contributed by atoms with Gasteiger partial charge in [0.25, 0.3) is 0 Å². The zero-order valence-corrected chi connectivity index (χ0v) is 11.6. The first-order valence-corrected chi connectivity index (χ1v) is 6.69. The Labute approximate surface area is 123 Å². The molecule has 0 unspecified atom stereocenters. The van der Waals surface area contributed by atoms with Crippen LogP contribution in [-0.2, 0) is 6.54 Å². The summed E-state index contributed by atoms with van der Waals surface area (Å²) in [5.41, 5.74) is 1.71. The van der Waals surface area contributed by atoms with E-state index in [0.717, 1.165) is 5.69 Å². The van der Waals surface area contributed by atoms with E-state index >= 15 is 0 Å². The van der Waals surface area contributed by atoms with Crippen molar-refractivity contribution < 1.29 is 4.39 Å². The number of halogens is 2. The molecule has 0 saturated heterocycles. The van der Waals surface area contributed by atoms with Crippen molar-refractivity contribution in [1.82, 2.24) is 0 Å². The van der Waals surface area contributed by atoms with Crippen LogP contribution < -0.4 is 4.90 Å². The van der Waals surface area contributed by atoms with Crippen molar-refractivity contribution in [3.63, 3.8) is 0 Å². The van der Waals surface area contributed by atoms with E-state index in [1.165, 1.54) is 12.1 Å². The Hall–Kier alpha value is -2.05. The molecular formula is C16H14ClFN2. The van der Waals surface area contributed by atoms with Gasteiger partial charge in [-0.3, -0.25) is 0 Å². The third-order valence-corrected chi connectivity index (χ3v) is 3.35. The normalized spacial score (nSPS) is 10.1. The molecule has 0 fully saturated rings. The molecule has 2 rings (SSSR count). The molecular weight excluding hydrogens is 275 g/mol. The van der Waals surface area contributed by atoms with Gasteiger partial charge >= 0.3 is 0 Å². The fraction of sp³-hybridized carbons (Fsp3) is 0.188. The van der Waals surface area contributed by atoms with E-state index < -0.39 is 0 Å². The minimum atomic E-state index is -0.308. The SMILES string of the molecule is N#CCCN(Cc1cc(F)ccc1Cl)c1ccccc1. The fourth-order valence-corrected chi connectivity index (χ4v) is 2.17. The zero-order chi connectivity index (χ0) is 14.4. The van der Waals surface area contributed by atoms with Gasteiger partial charge in [0, 0.05) is 23.8 Å². The van der Waals surface area contributed by atoms with E-state index in [4.69, 9.17) is 16.9 Å². The lowest BCUT2D eigenvalue weighted by Crippen LogP contribution is -2.23. The highest BCUT2D eigenvalue weighted by Gasteiger charge is 2.10. The predicted molar refractivity (Wildman–Crippen MR) is 79.1 cm³/mol. The molecule has 2 nitrogen and oxygen atoms in total. The summed E-state index contributed by atoms with van der Waals surface area (Å²) in [7, 11) is 0. The third kappa shape index (κ3) is 3.72. The predicted octanol–water partition coefficient (Wildman–Crippen LogP) is 4.40. The molecule has 0 saturated carbocycles. The van der Waals surface area contributed by atoms with Gasteiger partial charge in [0.05, 0.1) is 12.5 Å². The first kappa shape index (κ1) is 14.4. The molecule has 0 radical (unpaired) electrons. The lowest BCUT2D eigenvalue weighted by atomic mass is 10.1. The quantitative estimate of drug-likeness (QED) is 0.815. The van der Waals surface area contributed by atoms with E-state index in [0.29, 0.717) is 30.1 Å². The highest BCUT2D eigenvalue weighted by Crippen LogP contribution is 2.22. The Morgan fingerprint density at radius 2 is 1.90 bits per heavy atom. The molecule has 0 aromatic heterocycles. The van der Waals surface area contributed by atoms with Gasteiger partial charge < -0.3 is 4.90 Å². The summed E-state index contributed by atoms with van der Waals surface area (Å²) in [6.07, 6.45) is 0.405. The van der Waals surface area contributed by atoms with Crippen molar-refractivity contribution in [3.8, 4) is 6.07 Å². The van der Waals surface area contributed by atoms with Crippen molar-refractivity contribution in [2.24, 2.45) is 0 Å². The molecule has 4 heteroatoms. The molecule has 0 bridgehead atoms. The van der Waals surface area contributed by atoms with Crippen LogP contribution in [-0.4, -0.2) is 6.54 Å². The van der Waals surface area contributed by atoms with Gasteiger partial charge in [-0.15, -0.1) is 0 Å². The molecule has 0 N–H and O–H groups in total. The second-order valence-corrected chi connectivity index (χ2v) is 4.81. The number of para-hydroxylation sites is 1. The van der Waals surface area contributed by atoms with Crippen LogP contribution >= 0.6 is 11.6 Å². The van der Waals surface area contributed by atoms with Gasteiger partial charge in [0.2, 0.25) is 0 Å². The third-order valence-electron chi connectivity index (χ3n) is 2.98. The molecule has 0 heterocycles. The Morgan fingerprint density at radius 3 is 2.60 bits per heavy atom. The van der Waals surface area contributed by atoms with Gasteiger partial charge in [-0.05, 0) is 35.9 Å². The number of benzene rings is 2. The Balaban J connectivity index is 2.24. The van der Waals surface area contributed by atoms with Gasteiger partial charge in [-0.25, -0.2) is 4.39 Å². The number of hydrogen-bond donors (Lipinski definition) is 0. The van der Waals surface area contributed by atoms with Gasteiger partial charge in [0.15, 0.2) is 0 Å². The summed E-state index contributed by atoms with van der Waals surface area (Å²) in [5, 5.41) is 9.30. The summed E-state index contributed by atoms with van der Waals surface area (Å²) in [5.74, 6) is -0.308. The Kier molecular flexibility index (Phi) is 4.97. The second-order valence-electron chi connectivity index (χ2n) is 4.40. The maximum atomic E-state index is 13.3. The molecule has 2 aromatic rings. The van der Waals surface area contributed by atoms with Crippen molar-refractivity contribution in [2.75, 3.05) is 11.4 Å². The highest BCUT2D eigenvalue weighted by molar-refractivity contribution is 6.31. The molecule has 0 amide bonds. The van der Waals surface area contributed by atoms with Gasteiger partial charge in [-0.1, -0.05) is 29.8 Å². The van der Waals surface area contributed by atoms with Crippen LogP contribution in [0.3, 0.4) is 0 Å². The number of nitrogens with zero attached hydrogens (tertiary/aromatic N) is 2. The first-order chi connectivity index (χ1) is 9.70. The minimum Gasteiger partial charge on any atom is -0.366 e. The van der Waals surface area contributed by atoms with Crippen LogP contribution in [0.25, 0.3) is 0 Å². The number of rotatable bonds is 5. The molecule has 0 aliphatic heterocycles. The molecule has 0 spiro atoms. The zero-order valence-electron chi connectivity index (χ0n) is 10.9. The monoisotopic (exact) mass is 288 g/mol. The fourth-order valence-electron chi connectivity index (χ4n) is 1.99. The largest absolute Gasteiger partial charge is 0.366 e. The van der Waals surface area contributed by atoms with Crippen molar-refractivity contribution in [3.05, 3.63) is 64.9 Å². The summed E-state index contributed by atoms with van der Waals surface area (Å²) < 4.78 is 13.3. The lowest BCUT2D eigenvalue weighted by molar-refractivity contribution is 0.624. The van der Waals surface area contributed by atoms with Crippen LogP contribution in [0.5, 0.6) is 0 Å². The van der Waals surface area contributed by atoms with E-state index in [1.54, 1.807) is 6.07 Å². The van der Waals surface area contributed by atoms with Crippen molar-refractivity contribution in [2.45, 2.75) is 13.0 Å². The van der Waals surface area contributed by atoms with E-state index in [-0.39, 0.29) is 5.82 Å². The van der Waals surface area contributed by atoms with E-state index in [9.17, 15) is 4.39 Å². The van der Waals surface area contributed by atoms with Crippen LogP contribution in [0.4, 0.5) is 10.1 Å². The van der Waals surface area contributed by atoms with Crippen molar-refractivity contribution >= 4 is 17.3 Å². The number of anilines is 1. The Bertz CT molecular complexity index is 608. The standard InChI is InChI=1S/C16H14ClFN2/c17-16-8-7-14(18)11-13(16)12-20(10-4-9-19)15-5-2-1-3-6-15/h1-3,5-8,11H,4,10,12H2. The Morgan fingerprint density at radius 1 is 1.15 bits per heavy atom. The average molecular weight is 289 g/mol. The second kappa shape index (κ2) is 6.93. The van der Waals surface area contributed by atoms with Gasteiger partial charge in [0.1, 0.15) is 5.82 Å². The molecule has 0 atom stereocenters. The summed E-state index contributed by atoms with van der Waals surface area (Å²) >= 11 is 6.10. The number of hydrogen-bond acceptors (Lipinski definition) is 2. The topological polar surface area (TPSA) is 27.0 Å². The van der Waals surface area contributed by atoms with Crippen LogP contribution in [0.2, 0.25) is 5.02 Å². The summed E-state index contributed by atoms with van der Waals surface area (Å²) in [4.78, 5) is 2.02. The molecule has 0 aliphatic carbocycles. The molecule has 2 aromatic carbocycles. The molecule has 0 aliphatic rings. The maximum absolute atomic E-state index is 13.3. The summed E-state index contributed by atoms with van der Waals surface area (Å²) in [6, 6.07) is 16.2. The van der Waals surface area contributed by atoms with Crippen LogP contribution in [0, 0.1) is 17.1 Å². The summed E-state index contributed by atoms with van der Waals surface area (Å²) in [6.45, 7) is 1.05. The minimum absolute atomic E-state index is 0.308. The van der Waals surface area contributed by atoms with E-state index in [2.05, 4.69) is 6.07 Å². The smallest absolute Gasteiger partial charge is 0.123 e. The van der Waals surface area contributed by atoms with Crippen LogP contribution in [0.1, 0.15) is 12.0 Å². The highest BCUT2D eigenvalue weighted by atomic mass is 35.5. The molecule has 20 heavy (non-hydrogen) atoms. The maximum Gasteiger partial charge on any atom is 0.123 e. The van der Waals surface area contributed by atoms with Crippen molar-refractivity contribution in [1.29, 1.82) is 5.26 Å². The number of nitriles is 1.